The summed E-state index contributed by atoms with van der Waals surface area (Å²) in [7, 11) is 1.97. The molecule has 1 aromatic rings. The number of nitrogens with one attached hydrogen (secondary N) is 1. The van der Waals surface area contributed by atoms with Gasteiger partial charge < -0.3 is 14.8 Å². The van der Waals surface area contributed by atoms with Crippen molar-refractivity contribution in [3.63, 3.8) is 0 Å². The van der Waals surface area contributed by atoms with Crippen molar-refractivity contribution in [1.82, 2.24) is 5.32 Å². The Kier molecular flexibility index (Phi) is 3.24. The van der Waals surface area contributed by atoms with Crippen molar-refractivity contribution in [2.24, 2.45) is 5.41 Å². The fourth-order valence-corrected chi connectivity index (χ4v) is 2.74. The highest BCUT2D eigenvalue weighted by Gasteiger charge is 2.46. The zero-order chi connectivity index (χ0) is 12.6. The summed E-state index contributed by atoms with van der Waals surface area (Å²) in [4.78, 5) is 0. The van der Waals surface area contributed by atoms with Crippen LogP contribution < -0.4 is 14.8 Å². The Hall–Kier alpha value is -0.740. The van der Waals surface area contributed by atoms with Crippen molar-refractivity contribution >= 4 is 15.9 Å². The van der Waals surface area contributed by atoms with E-state index >= 15 is 0 Å². The van der Waals surface area contributed by atoms with Crippen molar-refractivity contribution in [3.05, 3.63) is 22.2 Å². The number of rotatable bonds is 3. The molecule has 1 saturated carbocycles. The molecule has 0 saturated heterocycles. The molecule has 18 heavy (non-hydrogen) atoms. The molecular formula is C14H18BrNO2. The van der Waals surface area contributed by atoms with Crippen LogP contribution in [0.25, 0.3) is 0 Å². The molecule has 0 amide bonds. The molecule has 3 nitrogen and oxygen atoms in total. The fraction of sp³-hybridized carbons (Fsp3) is 0.571. The van der Waals surface area contributed by atoms with Gasteiger partial charge in [-0.2, -0.15) is 0 Å². The van der Waals surface area contributed by atoms with Gasteiger partial charge in [0.15, 0.2) is 11.5 Å². The van der Waals surface area contributed by atoms with Crippen LogP contribution in [0.5, 0.6) is 11.5 Å². The van der Waals surface area contributed by atoms with Crippen LogP contribution in [0.2, 0.25) is 0 Å². The number of benzene rings is 1. The Morgan fingerprint density at radius 1 is 1.22 bits per heavy atom. The van der Waals surface area contributed by atoms with Gasteiger partial charge in [0.05, 0.1) is 13.2 Å². The molecule has 0 radical (unpaired) electrons. The second kappa shape index (κ2) is 4.74. The Bertz CT molecular complexity index is 457. The molecule has 98 valence electrons. The van der Waals surface area contributed by atoms with Gasteiger partial charge in [-0.25, -0.2) is 0 Å². The maximum Gasteiger partial charge on any atom is 0.162 e. The van der Waals surface area contributed by atoms with Crippen LogP contribution >= 0.6 is 15.9 Å². The van der Waals surface area contributed by atoms with Gasteiger partial charge in [0, 0.05) is 9.89 Å². The van der Waals surface area contributed by atoms with Gasteiger partial charge >= 0.3 is 0 Å². The van der Waals surface area contributed by atoms with Crippen molar-refractivity contribution < 1.29 is 9.47 Å². The molecule has 0 bridgehead atoms. The lowest BCUT2D eigenvalue weighted by Gasteiger charge is -2.11. The van der Waals surface area contributed by atoms with Gasteiger partial charge in [-0.05, 0) is 50.6 Å². The van der Waals surface area contributed by atoms with E-state index in [0.29, 0.717) is 5.41 Å². The van der Waals surface area contributed by atoms with Gasteiger partial charge in [-0.15, -0.1) is 0 Å². The summed E-state index contributed by atoms with van der Waals surface area (Å²) in [6.07, 6.45) is 3.45. The Morgan fingerprint density at radius 2 is 1.89 bits per heavy atom. The number of hydrogen-bond acceptors (Lipinski definition) is 3. The van der Waals surface area contributed by atoms with E-state index in [1.54, 1.807) is 0 Å². The van der Waals surface area contributed by atoms with Gasteiger partial charge in [0.1, 0.15) is 0 Å². The second-order valence-corrected chi connectivity index (χ2v) is 6.18. The fourth-order valence-electron chi connectivity index (χ4n) is 2.22. The summed E-state index contributed by atoms with van der Waals surface area (Å²) < 4.78 is 12.9. The first-order chi connectivity index (χ1) is 8.72. The van der Waals surface area contributed by atoms with Crippen LogP contribution in [-0.2, 0) is 6.42 Å². The number of fused-ring (bicyclic) bond motifs is 1. The van der Waals surface area contributed by atoms with E-state index in [0.717, 1.165) is 42.2 Å². The summed E-state index contributed by atoms with van der Waals surface area (Å²) in [5.41, 5.74) is 1.56. The third-order valence-corrected chi connectivity index (χ3v) is 4.52. The van der Waals surface area contributed by atoms with Crippen LogP contribution in [-0.4, -0.2) is 26.8 Å². The number of hydrogen-bond donors (Lipinski definition) is 1. The molecule has 1 aliphatic heterocycles. The zero-order valence-electron chi connectivity index (χ0n) is 10.6. The number of halogens is 1. The summed E-state index contributed by atoms with van der Waals surface area (Å²) in [5.74, 6) is 1.77. The standard InChI is InChI=1S/C14H18BrNO2/c1-16-5-2-10-6-12-13(7-11(10)15)18-9-14(3-4-14)8-17-12/h6-7,16H,2-5,8-9H2,1H3. The molecule has 4 heteroatoms. The Labute approximate surface area is 116 Å². The van der Waals surface area contributed by atoms with E-state index in [4.69, 9.17) is 9.47 Å². The average Bonchev–Trinajstić information content (AvgIpc) is 3.16. The lowest BCUT2D eigenvalue weighted by molar-refractivity contribution is 0.197. The topological polar surface area (TPSA) is 30.5 Å². The lowest BCUT2D eigenvalue weighted by atomic mass is 10.1. The molecule has 1 N–H and O–H groups in total. The van der Waals surface area contributed by atoms with E-state index < -0.39 is 0 Å². The van der Waals surface area contributed by atoms with Crippen LogP contribution in [0.3, 0.4) is 0 Å². The molecule has 1 aromatic carbocycles. The van der Waals surface area contributed by atoms with Gasteiger partial charge in [-0.1, -0.05) is 15.9 Å². The first-order valence-corrected chi connectivity index (χ1v) is 7.24. The normalized spacial score (nSPS) is 19.7. The third-order valence-electron chi connectivity index (χ3n) is 3.78. The van der Waals surface area contributed by atoms with E-state index in [9.17, 15) is 0 Å². The Morgan fingerprint density at radius 3 is 2.50 bits per heavy atom. The Balaban J connectivity index is 1.83. The van der Waals surface area contributed by atoms with Crippen molar-refractivity contribution in [3.8, 4) is 11.5 Å². The molecule has 3 rings (SSSR count). The molecule has 1 heterocycles. The smallest absolute Gasteiger partial charge is 0.162 e. The minimum atomic E-state index is 0.302. The highest BCUT2D eigenvalue weighted by Crippen LogP contribution is 2.49. The quantitative estimate of drug-likeness (QED) is 0.931. The minimum absolute atomic E-state index is 0.302. The molecule has 0 aromatic heterocycles. The second-order valence-electron chi connectivity index (χ2n) is 5.32. The van der Waals surface area contributed by atoms with E-state index in [1.807, 2.05) is 13.1 Å². The molecule has 0 unspecified atom stereocenters. The number of ether oxygens (including phenoxy) is 2. The largest absolute Gasteiger partial charge is 0.489 e. The first kappa shape index (κ1) is 12.3. The number of likely N-dealkylation sites (N-methyl/N-ethyl adjacent to an activating group) is 1. The predicted octanol–water partition coefficient (Wildman–Crippen LogP) is 2.76. The minimum Gasteiger partial charge on any atom is -0.489 e. The predicted molar refractivity (Wildman–Crippen MR) is 74.4 cm³/mol. The lowest BCUT2D eigenvalue weighted by Crippen LogP contribution is -2.17. The molecule has 1 spiro atoms. The van der Waals surface area contributed by atoms with Crippen molar-refractivity contribution in [2.75, 3.05) is 26.8 Å². The van der Waals surface area contributed by atoms with E-state index in [1.165, 1.54) is 18.4 Å². The van der Waals surface area contributed by atoms with Crippen LogP contribution in [0.15, 0.2) is 16.6 Å². The van der Waals surface area contributed by atoms with Gasteiger partial charge in [0.25, 0.3) is 0 Å². The van der Waals surface area contributed by atoms with E-state index in [-0.39, 0.29) is 0 Å². The summed E-state index contributed by atoms with van der Waals surface area (Å²) in [6, 6.07) is 4.15. The van der Waals surface area contributed by atoms with Crippen LogP contribution in [0.1, 0.15) is 18.4 Å². The van der Waals surface area contributed by atoms with E-state index in [2.05, 4.69) is 27.3 Å². The molecule has 1 aliphatic carbocycles. The summed E-state index contributed by atoms with van der Waals surface area (Å²) in [6.45, 7) is 2.55. The maximum absolute atomic E-state index is 5.94. The molecule has 1 fully saturated rings. The first-order valence-electron chi connectivity index (χ1n) is 6.45. The zero-order valence-corrected chi connectivity index (χ0v) is 12.2. The average molecular weight is 312 g/mol. The van der Waals surface area contributed by atoms with Crippen LogP contribution in [0.4, 0.5) is 0 Å². The van der Waals surface area contributed by atoms with Crippen LogP contribution in [0, 0.1) is 5.41 Å². The van der Waals surface area contributed by atoms with Crippen molar-refractivity contribution in [1.29, 1.82) is 0 Å². The molecule has 0 atom stereocenters. The SMILES string of the molecule is CNCCc1cc2c(cc1Br)OCC1(CC1)CO2. The summed E-state index contributed by atoms with van der Waals surface area (Å²) in [5, 5.41) is 3.17. The summed E-state index contributed by atoms with van der Waals surface area (Å²) >= 11 is 3.61. The monoisotopic (exact) mass is 311 g/mol. The van der Waals surface area contributed by atoms with Gasteiger partial charge in [-0.3, -0.25) is 0 Å². The molecule has 2 aliphatic rings. The maximum atomic E-state index is 5.94. The third kappa shape index (κ3) is 2.36. The highest BCUT2D eigenvalue weighted by molar-refractivity contribution is 9.10. The molecular weight excluding hydrogens is 294 g/mol. The highest BCUT2D eigenvalue weighted by atomic mass is 79.9. The van der Waals surface area contributed by atoms with Gasteiger partial charge in [0.2, 0.25) is 0 Å². The van der Waals surface area contributed by atoms with Crippen molar-refractivity contribution in [2.45, 2.75) is 19.3 Å².